The molecule has 2 atom stereocenters. The SMILES string of the molecule is CN/C1=N\C(=N)C(CNCC(F)(F)F)(c2cccc(CC(C)C(=O)O)c2)CCCC(C)(C)CSCCc2c(c(F)cc3[nH]ccc23)Oc2ccc(F)c1c2. The first kappa shape index (κ1) is 40.7. The first-order chi connectivity index (χ1) is 25.5. The number of nitrogens with zero attached hydrogens (tertiary/aromatic N) is 1. The van der Waals surface area contributed by atoms with Crippen LogP contribution in [-0.4, -0.2) is 65.6 Å². The number of thioether (sulfide) groups is 1. The van der Waals surface area contributed by atoms with Gasteiger partial charge < -0.3 is 25.5 Å². The van der Waals surface area contributed by atoms with Crippen molar-refractivity contribution in [3.63, 3.8) is 0 Å². The van der Waals surface area contributed by atoms with Crippen molar-refractivity contribution in [1.82, 2.24) is 15.6 Å². The number of H-pyrrole nitrogens is 1. The molecule has 0 fully saturated rings. The van der Waals surface area contributed by atoms with E-state index in [2.05, 4.69) is 34.5 Å². The lowest BCUT2D eigenvalue weighted by Gasteiger charge is -2.36. The van der Waals surface area contributed by atoms with Gasteiger partial charge in [0.2, 0.25) is 0 Å². The van der Waals surface area contributed by atoms with Crippen molar-refractivity contribution >= 4 is 40.3 Å². The van der Waals surface area contributed by atoms with Crippen molar-refractivity contribution in [2.75, 3.05) is 31.6 Å². The molecule has 4 aromatic rings. The minimum absolute atomic E-state index is 0.0168. The van der Waals surface area contributed by atoms with Crippen LogP contribution in [-0.2, 0) is 23.1 Å². The summed E-state index contributed by atoms with van der Waals surface area (Å²) in [6.07, 6.45) is -0.786. The maximum atomic E-state index is 15.7. The molecule has 1 aliphatic rings. The van der Waals surface area contributed by atoms with Crippen LogP contribution >= 0.6 is 11.8 Å². The van der Waals surface area contributed by atoms with E-state index in [0.717, 1.165) is 17.2 Å². The highest BCUT2D eigenvalue weighted by atomic mass is 32.2. The molecular weight excluding hydrogens is 726 g/mol. The number of aliphatic carboxylic acids is 1. The van der Waals surface area contributed by atoms with Gasteiger partial charge in [0.1, 0.15) is 23.2 Å². The van der Waals surface area contributed by atoms with Crippen LogP contribution in [0.25, 0.3) is 10.9 Å². The van der Waals surface area contributed by atoms with Gasteiger partial charge in [-0.1, -0.05) is 51.5 Å². The van der Waals surface area contributed by atoms with Crippen LogP contribution in [0.15, 0.2) is 65.8 Å². The predicted molar refractivity (Wildman–Crippen MR) is 204 cm³/mol. The number of hydrogen-bond donors (Lipinski definition) is 5. The molecule has 2 bridgehead atoms. The number of fused-ring (bicyclic) bond motifs is 5. The summed E-state index contributed by atoms with van der Waals surface area (Å²) in [4.78, 5) is 19.4. The van der Waals surface area contributed by atoms with Gasteiger partial charge in [-0.15, -0.1) is 0 Å². The van der Waals surface area contributed by atoms with Gasteiger partial charge >= 0.3 is 12.1 Å². The molecule has 5 N–H and O–H groups in total. The van der Waals surface area contributed by atoms with E-state index < -0.39 is 41.7 Å². The largest absolute Gasteiger partial charge is 0.481 e. The molecule has 0 spiro atoms. The Balaban J connectivity index is 1.67. The number of nitrogens with one attached hydrogen (secondary N) is 4. The Morgan fingerprint density at radius 1 is 1.11 bits per heavy atom. The maximum Gasteiger partial charge on any atom is 0.401 e. The molecule has 2 heterocycles. The van der Waals surface area contributed by atoms with E-state index in [9.17, 15) is 28.5 Å². The summed E-state index contributed by atoms with van der Waals surface area (Å²) in [5, 5.41) is 25.3. The number of ether oxygens (including phenoxy) is 1. The van der Waals surface area contributed by atoms with E-state index in [1.54, 1.807) is 49.1 Å². The van der Waals surface area contributed by atoms with Gasteiger partial charge in [-0.2, -0.15) is 24.9 Å². The molecule has 1 aromatic heterocycles. The average molecular weight is 772 g/mol. The van der Waals surface area contributed by atoms with E-state index in [4.69, 9.17) is 4.74 Å². The second-order valence-electron chi connectivity index (χ2n) is 14.7. The van der Waals surface area contributed by atoms with Crippen molar-refractivity contribution in [3.8, 4) is 11.5 Å². The summed E-state index contributed by atoms with van der Waals surface area (Å²) in [5.41, 5.74) is 0.651. The minimum Gasteiger partial charge on any atom is -0.481 e. The van der Waals surface area contributed by atoms with Crippen LogP contribution in [0.2, 0.25) is 0 Å². The zero-order chi connectivity index (χ0) is 39.3. The number of carboxylic acids is 1. The fourth-order valence-electron chi connectivity index (χ4n) is 6.91. The molecule has 14 heteroatoms. The van der Waals surface area contributed by atoms with Crippen molar-refractivity contribution < 1.29 is 36.6 Å². The quantitative estimate of drug-likeness (QED) is 0.120. The molecule has 2 unspecified atom stereocenters. The third kappa shape index (κ3) is 9.81. The van der Waals surface area contributed by atoms with Crippen LogP contribution in [0.5, 0.6) is 11.5 Å². The Kier molecular flexibility index (Phi) is 12.8. The fraction of sp³-hybridized carbons (Fsp3) is 0.425. The molecular formula is C40H46F5N5O3S. The zero-order valence-electron chi connectivity index (χ0n) is 30.7. The lowest BCUT2D eigenvalue weighted by molar-refractivity contribution is -0.141. The summed E-state index contributed by atoms with van der Waals surface area (Å²) >= 11 is 1.70. The van der Waals surface area contributed by atoms with Crippen molar-refractivity contribution in [3.05, 3.63) is 94.7 Å². The Morgan fingerprint density at radius 2 is 1.89 bits per heavy atom. The van der Waals surface area contributed by atoms with Crippen molar-refractivity contribution in [2.24, 2.45) is 16.3 Å². The number of aliphatic imine (C=N–C) groups is 1. The topological polar surface area (TPSA) is 123 Å². The Hall–Kier alpha value is -4.43. The normalized spacial score (nSPS) is 20.2. The molecule has 290 valence electrons. The smallest absolute Gasteiger partial charge is 0.401 e. The molecule has 0 saturated heterocycles. The van der Waals surface area contributed by atoms with Gasteiger partial charge in [-0.3, -0.25) is 10.2 Å². The number of amidine groups is 2. The lowest BCUT2D eigenvalue weighted by Crippen LogP contribution is -2.47. The minimum atomic E-state index is -4.54. The molecule has 54 heavy (non-hydrogen) atoms. The van der Waals surface area contributed by atoms with Gasteiger partial charge in [-0.25, -0.2) is 13.8 Å². The average Bonchev–Trinajstić information content (AvgIpc) is 3.57. The van der Waals surface area contributed by atoms with E-state index in [1.807, 2.05) is 6.07 Å². The summed E-state index contributed by atoms with van der Waals surface area (Å²) in [6.45, 7) is 4.14. The third-order valence-corrected chi connectivity index (χ3v) is 11.3. The fourth-order valence-corrected chi connectivity index (χ4v) is 8.10. The van der Waals surface area contributed by atoms with Gasteiger partial charge in [0, 0.05) is 42.3 Å². The number of aromatic nitrogens is 1. The number of aromatic amines is 1. The first-order valence-corrected chi connectivity index (χ1v) is 19.0. The molecule has 3 aromatic carbocycles. The van der Waals surface area contributed by atoms with Gasteiger partial charge in [-0.05, 0) is 78.0 Å². The highest BCUT2D eigenvalue weighted by Gasteiger charge is 2.40. The van der Waals surface area contributed by atoms with Crippen molar-refractivity contribution in [1.29, 1.82) is 5.41 Å². The number of carbonyl (C=O) groups is 1. The number of hydrogen-bond acceptors (Lipinski definition) is 6. The summed E-state index contributed by atoms with van der Waals surface area (Å²) in [6, 6.07) is 14.0. The second kappa shape index (κ2) is 16.9. The zero-order valence-corrected chi connectivity index (χ0v) is 31.5. The monoisotopic (exact) mass is 771 g/mol. The van der Waals surface area contributed by atoms with E-state index in [0.29, 0.717) is 47.2 Å². The number of rotatable bonds is 7. The van der Waals surface area contributed by atoms with E-state index in [1.165, 1.54) is 25.2 Å². The van der Waals surface area contributed by atoms with Crippen molar-refractivity contribution in [2.45, 2.75) is 64.5 Å². The highest BCUT2D eigenvalue weighted by Crippen LogP contribution is 2.39. The molecule has 8 nitrogen and oxygen atoms in total. The Bertz CT molecular complexity index is 2010. The van der Waals surface area contributed by atoms with E-state index >= 15 is 8.78 Å². The van der Waals surface area contributed by atoms with Gasteiger partial charge in [0.05, 0.1) is 23.4 Å². The summed E-state index contributed by atoms with van der Waals surface area (Å²) in [7, 11) is 1.49. The summed E-state index contributed by atoms with van der Waals surface area (Å²) in [5.74, 6) is -1.94. The van der Waals surface area contributed by atoms with Gasteiger partial charge in [0.15, 0.2) is 11.6 Å². The Labute approximate surface area is 315 Å². The Morgan fingerprint density at radius 3 is 2.61 bits per heavy atom. The maximum absolute atomic E-state index is 15.7. The van der Waals surface area contributed by atoms with Crippen LogP contribution in [0, 0.1) is 28.4 Å². The van der Waals surface area contributed by atoms with E-state index in [-0.39, 0.29) is 53.5 Å². The number of aryl methyl sites for hydroxylation is 1. The molecule has 0 aliphatic carbocycles. The van der Waals surface area contributed by atoms with Crippen LogP contribution in [0.4, 0.5) is 22.0 Å². The first-order valence-electron chi connectivity index (χ1n) is 17.8. The molecule has 1 aliphatic heterocycles. The number of carboxylic acid groups (broad SMARTS) is 1. The summed E-state index contributed by atoms with van der Waals surface area (Å²) < 4.78 is 78.2. The predicted octanol–water partition coefficient (Wildman–Crippen LogP) is 9.02. The molecule has 0 saturated carbocycles. The molecule has 5 rings (SSSR count). The third-order valence-electron chi connectivity index (χ3n) is 9.83. The van der Waals surface area contributed by atoms with Crippen LogP contribution in [0.1, 0.15) is 62.3 Å². The standard InChI is InChI=1S/C40H46F5N5O3S/c1-24(36(51)52)17-25-7-5-8-26(18-25)39(21-48-22-40(43,44)45)14-6-13-38(2,3)23-54-16-12-29-28-11-15-49-33(28)20-32(42)34(29)53-27-9-10-31(41)30(19-27)35(47-4)50-37(39)46/h5,7-11,15,18-20,24,48-49H,6,12-14,16-17,21-23H2,1-4H3,(H,51,52)(H2,46,47,50). The molecule has 0 amide bonds. The number of benzene rings is 3. The van der Waals surface area contributed by atoms with Crippen LogP contribution < -0.4 is 15.4 Å². The number of halogens is 5. The number of alkyl halides is 3. The molecule has 0 radical (unpaired) electrons. The van der Waals surface area contributed by atoms with Crippen LogP contribution in [0.3, 0.4) is 0 Å². The van der Waals surface area contributed by atoms with Gasteiger partial charge in [0.25, 0.3) is 0 Å². The lowest BCUT2D eigenvalue weighted by atomic mass is 9.73. The second-order valence-corrected chi connectivity index (χ2v) is 15.8. The highest BCUT2D eigenvalue weighted by molar-refractivity contribution is 7.99.